The maximum absolute atomic E-state index is 12.7. The van der Waals surface area contributed by atoms with Gasteiger partial charge in [0.25, 0.3) is 6.26 Å². The smallest absolute Gasteiger partial charge is 0.283 e. The van der Waals surface area contributed by atoms with Crippen molar-refractivity contribution in [2.45, 2.75) is 0 Å². The van der Waals surface area contributed by atoms with Crippen molar-refractivity contribution < 1.29 is 9.50 Å². The zero-order valence-electron chi connectivity index (χ0n) is 9.62. The van der Waals surface area contributed by atoms with Crippen LogP contribution < -0.4 is 4.90 Å². The minimum absolute atomic E-state index is 0.235. The number of thioether (sulfide) groups is 1. The zero-order valence-corrected chi connectivity index (χ0v) is 10.4. The van der Waals surface area contributed by atoms with E-state index in [1.54, 1.807) is 18.5 Å². The summed E-state index contributed by atoms with van der Waals surface area (Å²) < 4.78 is 12.7. The van der Waals surface area contributed by atoms with Crippen LogP contribution in [-0.2, 0) is 0 Å². The summed E-state index contributed by atoms with van der Waals surface area (Å²) in [5.41, 5.74) is 0.893. The van der Waals surface area contributed by atoms with Crippen LogP contribution in [0.2, 0.25) is 0 Å². The lowest BCUT2D eigenvalue weighted by Gasteiger charge is -2.20. The summed E-state index contributed by atoms with van der Waals surface area (Å²) >= 11 is 1.51. The molecule has 1 aromatic rings. The molecule has 0 unspecified atom stereocenters. The number of amidine groups is 1. The Bertz CT molecular complexity index is 481. The summed E-state index contributed by atoms with van der Waals surface area (Å²) in [4.78, 5) is 10.3. The summed E-state index contributed by atoms with van der Waals surface area (Å²) in [6, 6.07) is 6.27. The second kappa shape index (κ2) is 7.29. The maximum atomic E-state index is 12.7. The van der Waals surface area contributed by atoms with Crippen LogP contribution in [0.5, 0.6) is 0 Å². The van der Waals surface area contributed by atoms with Gasteiger partial charge in [-0.2, -0.15) is 5.26 Å². The van der Waals surface area contributed by atoms with Gasteiger partial charge in [-0.3, -0.25) is 0 Å². The number of halogens is 1. The second-order valence-corrected chi connectivity index (χ2v) is 3.85. The average molecular weight is 266 g/mol. The van der Waals surface area contributed by atoms with Crippen LogP contribution >= 0.6 is 11.8 Å². The van der Waals surface area contributed by atoms with Crippen molar-refractivity contribution in [3.63, 3.8) is 0 Å². The van der Waals surface area contributed by atoms with Gasteiger partial charge in [0.05, 0.1) is 6.34 Å². The highest BCUT2D eigenvalue weighted by Gasteiger charge is 2.08. The maximum Gasteiger partial charge on any atom is 0.283 e. The van der Waals surface area contributed by atoms with Gasteiger partial charge in [0.2, 0.25) is 0 Å². The number of hydrogen-bond donors (Lipinski definition) is 1. The first kappa shape index (κ1) is 14.0. The van der Waals surface area contributed by atoms with E-state index in [1.165, 1.54) is 23.9 Å². The van der Waals surface area contributed by atoms with Crippen LogP contribution in [0.3, 0.4) is 0 Å². The summed E-state index contributed by atoms with van der Waals surface area (Å²) in [5, 5.41) is 14.5. The van der Waals surface area contributed by atoms with Gasteiger partial charge in [0, 0.05) is 5.69 Å². The first-order valence-electron chi connectivity index (χ1n) is 4.89. The van der Waals surface area contributed by atoms with E-state index in [0.717, 1.165) is 17.1 Å². The largest absolute Gasteiger partial charge is 0.443 e. The van der Waals surface area contributed by atoms with Gasteiger partial charge in [-0.05, 0) is 30.5 Å². The third-order valence-corrected chi connectivity index (χ3v) is 2.61. The fourth-order valence-corrected chi connectivity index (χ4v) is 1.57. The van der Waals surface area contributed by atoms with E-state index in [1.807, 2.05) is 11.2 Å². The Morgan fingerprint density at radius 3 is 2.50 bits per heavy atom. The fourth-order valence-electron chi connectivity index (χ4n) is 1.23. The first-order chi connectivity index (χ1) is 8.71. The molecule has 1 heterocycles. The minimum atomic E-state index is -0.235. The van der Waals surface area contributed by atoms with Gasteiger partial charge in [-0.15, -0.1) is 0 Å². The van der Waals surface area contributed by atoms with Gasteiger partial charge in [-0.1, -0.05) is 11.8 Å². The van der Waals surface area contributed by atoms with E-state index in [4.69, 9.17) is 10.4 Å². The highest BCUT2D eigenvalue weighted by Crippen LogP contribution is 2.16. The molecule has 0 bridgehead atoms. The Morgan fingerprint density at radius 1 is 1.44 bits per heavy atom. The topological polar surface area (TPSA) is 72.0 Å². The fraction of sp³-hybridized carbons (Fsp3) is 0.182. The molecule has 1 N–H and O–H groups in total. The number of benzene rings is 1. The number of nitriles is 1. The first-order valence-corrected chi connectivity index (χ1v) is 6.11. The molecule has 1 aromatic carbocycles. The van der Waals surface area contributed by atoms with E-state index in [9.17, 15) is 4.39 Å². The molecule has 7 heteroatoms. The molecule has 0 saturated carbocycles. The standard InChI is InChI=1S/C10H10FN3S.CHNO/c1-15-10-12-6-14(7-13-10)9-4-2-8(11)3-5-9;2-1-3/h2-6H,7H2,1H3;3H. The van der Waals surface area contributed by atoms with Crippen molar-refractivity contribution >= 4 is 29.0 Å². The van der Waals surface area contributed by atoms with Crippen molar-refractivity contribution in [2.24, 2.45) is 9.98 Å². The van der Waals surface area contributed by atoms with Crippen LogP contribution in [0.4, 0.5) is 10.1 Å². The summed E-state index contributed by atoms with van der Waals surface area (Å²) in [6.07, 6.45) is 4.40. The van der Waals surface area contributed by atoms with E-state index in [0.29, 0.717) is 6.67 Å². The molecule has 0 spiro atoms. The highest BCUT2D eigenvalue weighted by atomic mass is 32.2. The molecular weight excluding hydrogens is 255 g/mol. The number of hydrogen-bond acceptors (Lipinski definition) is 6. The summed E-state index contributed by atoms with van der Waals surface area (Å²) in [5.74, 6) is -0.235. The predicted octanol–water partition coefficient (Wildman–Crippen LogP) is 2.19. The Kier molecular flexibility index (Phi) is 5.67. The van der Waals surface area contributed by atoms with Gasteiger partial charge < -0.3 is 10.0 Å². The predicted molar refractivity (Wildman–Crippen MR) is 70.7 cm³/mol. The molecule has 18 heavy (non-hydrogen) atoms. The Labute approximate surface area is 108 Å². The molecule has 1 aliphatic heterocycles. The van der Waals surface area contributed by atoms with Gasteiger partial charge in [0.15, 0.2) is 5.17 Å². The molecule has 0 aromatic heterocycles. The highest BCUT2D eigenvalue weighted by molar-refractivity contribution is 8.13. The summed E-state index contributed by atoms with van der Waals surface area (Å²) in [7, 11) is 0. The molecule has 0 saturated heterocycles. The van der Waals surface area contributed by atoms with Crippen molar-refractivity contribution in [2.75, 3.05) is 17.8 Å². The van der Waals surface area contributed by atoms with E-state index in [-0.39, 0.29) is 5.82 Å². The van der Waals surface area contributed by atoms with Crippen LogP contribution in [-0.4, -0.2) is 29.5 Å². The molecule has 0 atom stereocenters. The molecule has 2 rings (SSSR count). The monoisotopic (exact) mass is 266 g/mol. The number of aliphatic hydroxyl groups excluding tert-OH is 1. The van der Waals surface area contributed by atoms with Crippen LogP contribution in [0, 0.1) is 17.3 Å². The molecule has 0 radical (unpaired) electrons. The lowest BCUT2D eigenvalue weighted by Crippen LogP contribution is -2.25. The number of anilines is 1. The number of rotatable bonds is 1. The normalized spacial score (nSPS) is 13.2. The molecule has 94 valence electrons. The van der Waals surface area contributed by atoms with Gasteiger partial charge in [0.1, 0.15) is 12.5 Å². The lowest BCUT2D eigenvalue weighted by molar-refractivity contribution is 0.503. The van der Waals surface area contributed by atoms with E-state index >= 15 is 0 Å². The van der Waals surface area contributed by atoms with E-state index in [2.05, 4.69) is 9.98 Å². The Morgan fingerprint density at radius 2 is 2.06 bits per heavy atom. The molecule has 1 aliphatic rings. The minimum Gasteiger partial charge on any atom is -0.443 e. The third-order valence-electron chi connectivity index (χ3n) is 2.01. The molecular formula is C11H11FN4OS. The summed E-state index contributed by atoms with van der Waals surface area (Å²) in [6.45, 7) is 0.533. The zero-order chi connectivity index (χ0) is 13.4. The average Bonchev–Trinajstić information content (AvgIpc) is 2.41. The number of aliphatic hydroxyl groups is 1. The Hall–Kier alpha value is -2.07. The van der Waals surface area contributed by atoms with Gasteiger partial charge in [-0.25, -0.2) is 14.4 Å². The molecule has 5 nitrogen and oxygen atoms in total. The Balaban J connectivity index is 0.000000492. The van der Waals surface area contributed by atoms with Crippen LogP contribution in [0.15, 0.2) is 34.3 Å². The number of nitrogens with zero attached hydrogens (tertiary/aromatic N) is 4. The van der Waals surface area contributed by atoms with Crippen LogP contribution in [0.25, 0.3) is 0 Å². The third kappa shape index (κ3) is 4.07. The molecule has 0 fully saturated rings. The lowest BCUT2D eigenvalue weighted by atomic mass is 10.3. The van der Waals surface area contributed by atoms with Crippen molar-refractivity contribution in [1.82, 2.24) is 0 Å². The van der Waals surface area contributed by atoms with Gasteiger partial charge >= 0.3 is 0 Å². The molecule has 0 aliphatic carbocycles. The second-order valence-electron chi connectivity index (χ2n) is 3.08. The van der Waals surface area contributed by atoms with E-state index < -0.39 is 0 Å². The number of aliphatic imine (C=N–C) groups is 2. The quantitative estimate of drug-likeness (QED) is 0.791. The molecule has 0 amide bonds. The van der Waals surface area contributed by atoms with Crippen molar-refractivity contribution in [3.8, 4) is 6.26 Å². The van der Waals surface area contributed by atoms with Crippen LogP contribution in [0.1, 0.15) is 0 Å². The van der Waals surface area contributed by atoms with Crippen molar-refractivity contribution in [3.05, 3.63) is 30.1 Å². The SMILES string of the molecule is CSC1=NCN(c2ccc(F)cc2)C=N1.N#CO. The van der Waals surface area contributed by atoms with Crippen molar-refractivity contribution in [1.29, 1.82) is 5.26 Å².